The van der Waals surface area contributed by atoms with Crippen LogP contribution in [0.25, 0.3) is 87.6 Å². The number of hydrogen-bond acceptors (Lipinski definition) is 1. The van der Waals surface area contributed by atoms with Gasteiger partial charge in [-0.1, -0.05) is 154 Å². The molecular weight excluding hydrogens is 569 g/mol. The summed E-state index contributed by atoms with van der Waals surface area (Å²) in [6.45, 7) is 6.77. The molecule has 224 valence electrons. The third kappa shape index (κ3) is 4.38. The van der Waals surface area contributed by atoms with Gasteiger partial charge in [-0.15, -0.1) is 0 Å². The Bertz CT molecular complexity index is 2670. The number of hydrogen-bond donors (Lipinski definition) is 0. The predicted molar refractivity (Wildman–Crippen MR) is 201 cm³/mol. The van der Waals surface area contributed by atoms with Crippen LogP contribution >= 0.6 is 0 Å². The van der Waals surface area contributed by atoms with Crippen molar-refractivity contribution in [1.29, 1.82) is 0 Å². The molecule has 47 heavy (non-hydrogen) atoms. The molecule has 1 heterocycles. The lowest BCUT2D eigenvalue weighted by Gasteiger charge is -2.22. The molecule has 0 bridgehead atoms. The van der Waals surface area contributed by atoms with Gasteiger partial charge >= 0.3 is 0 Å². The second-order valence-corrected chi connectivity index (χ2v) is 13.6. The van der Waals surface area contributed by atoms with Crippen LogP contribution in [0.3, 0.4) is 0 Å². The van der Waals surface area contributed by atoms with Crippen molar-refractivity contribution in [1.82, 2.24) is 0 Å². The third-order valence-electron chi connectivity index (χ3n) is 9.70. The van der Waals surface area contributed by atoms with Crippen molar-refractivity contribution in [3.63, 3.8) is 0 Å². The zero-order valence-electron chi connectivity index (χ0n) is 27.8. The Morgan fingerprint density at radius 3 is 1.85 bits per heavy atom. The Hall–Kier alpha value is -5.66. The van der Waals surface area contributed by atoms with E-state index < -0.39 is 0 Å². The molecule has 0 saturated carbocycles. The zero-order valence-corrected chi connectivity index (χ0v) is 26.8. The largest absolute Gasteiger partial charge is 0.456 e. The maximum atomic E-state index is 8.02. The number of fused-ring (bicyclic) bond motifs is 6. The summed E-state index contributed by atoms with van der Waals surface area (Å²) in [4.78, 5) is 0. The monoisotopic (exact) mass is 603 g/mol. The van der Waals surface area contributed by atoms with Gasteiger partial charge in [0.15, 0.2) is 0 Å². The highest BCUT2D eigenvalue weighted by molar-refractivity contribution is 6.26. The van der Waals surface area contributed by atoms with Crippen molar-refractivity contribution < 1.29 is 5.79 Å². The van der Waals surface area contributed by atoms with Gasteiger partial charge in [-0.05, 0) is 89.3 Å². The third-order valence-corrected chi connectivity index (χ3v) is 9.70. The summed E-state index contributed by atoms with van der Waals surface area (Å²) in [6.07, 6.45) is 0. The fourth-order valence-electron chi connectivity index (χ4n) is 7.52. The molecule has 0 fully saturated rings. The standard InChI is InChI=1S/C46H34O/c1-46(2,3)40-26-25-39(44-38-21-10-11-22-41(38)47-45(40)44)43-36-19-8-6-17-34(36)42(35-18-7-9-20-37(35)43)33-16-12-15-31(28-33)32-24-23-29-13-4-5-14-30(29)27-32/h4-28H,1-3H3/i4D. The van der Waals surface area contributed by atoms with Crippen molar-refractivity contribution in [2.24, 2.45) is 0 Å². The molecule has 0 N–H and O–H groups in total. The first-order valence-corrected chi connectivity index (χ1v) is 16.3. The van der Waals surface area contributed by atoms with Crippen LogP contribution in [0.4, 0.5) is 0 Å². The molecule has 0 aliphatic carbocycles. The van der Waals surface area contributed by atoms with E-state index in [2.05, 4.69) is 148 Å². The summed E-state index contributed by atoms with van der Waals surface area (Å²) in [5.41, 5.74) is 10.2. The van der Waals surface area contributed by atoms with Gasteiger partial charge in [0.25, 0.3) is 0 Å². The van der Waals surface area contributed by atoms with Crippen molar-refractivity contribution in [2.75, 3.05) is 0 Å². The Morgan fingerprint density at radius 1 is 0.489 bits per heavy atom. The van der Waals surface area contributed by atoms with Crippen molar-refractivity contribution in [2.45, 2.75) is 26.2 Å². The number of rotatable bonds is 3. The molecule has 9 aromatic rings. The second-order valence-electron chi connectivity index (χ2n) is 13.6. The molecule has 0 aliphatic rings. The van der Waals surface area contributed by atoms with E-state index in [0.29, 0.717) is 6.04 Å². The highest BCUT2D eigenvalue weighted by atomic mass is 16.3. The van der Waals surface area contributed by atoms with Gasteiger partial charge < -0.3 is 4.42 Å². The molecule has 8 aromatic carbocycles. The van der Waals surface area contributed by atoms with E-state index in [4.69, 9.17) is 5.79 Å². The van der Waals surface area contributed by atoms with Crippen molar-refractivity contribution in [3.05, 3.63) is 157 Å². The second kappa shape index (κ2) is 10.4. The number of furan rings is 1. The van der Waals surface area contributed by atoms with Crippen molar-refractivity contribution in [3.8, 4) is 33.4 Å². The van der Waals surface area contributed by atoms with Crippen LogP contribution in [0.5, 0.6) is 0 Å². The molecule has 1 nitrogen and oxygen atoms in total. The maximum absolute atomic E-state index is 8.02. The summed E-state index contributed by atoms with van der Waals surface area (Å²) in [5, 5.41) is 9.46. The minimum absolute atomic E-state index is 0.0702. The highest BCUT2D eigenvalue weighted by Gasteiger charge is 2.25. The molecular formula is C46H34O. The van der Waals surface area contributed by atoms with Crippen LogP contribution in [-0.2, 0) is 5.41 Å². The zero-order chi connectivity index (χ0) is 32.6. The normalized spacial score (nSPS) is 12.4. The quantitative estimate of drug-likeness (QED) is 0.183. The van der Waals surface area contributed by atoms with Crippen LogP contribution in [0.1, 0.15) is 27.7 Å². The van der Waals surface area contributed by atoms with Gasteiger partial charge in [0.2, 0.25) is 0 Å². The Morgan fingerprint density at radius 2 is 1.13 bits per heavy atom. The molecule has 0 amide bonds. The first-order chi connectivity index (χ1) is 23.3. The van der Waals surface area contributed by atoms with E-state index in [-0.39, 0.29) is 5.41 Å². The summed E-state index contributed by atoms with van der Waals surface area (Å²) in [5.74, 6) is 0. The molecule has 0 unspecified atom stereocenters. The minimum atomic E-state index is -0.0702. The van der Waals surface area contributed by atoms with Crippen LogP contribution < -0.4 is 0 Å². The average Bonchev–Trinajstić information content (AvgIpc) is 3.49. The van der Waals surface area contributed by atoms with E-state index in [1.165, 1.54) is 65.9 Å². The predicted octanol–water partition coefficient (Wildman–Crippen LogP) is 13.3. The molecule has 0 saturated heterocycles. The Balaban J connectivity index is 1.33. The summed E-state index contributed by atoms with van der Waals surface area (Å²) >= 11 is 0. The van der Waals surface area contributed by atoms with Crippen LogP contribution in [0, 0.1) is 0 Å². The number of benzene rings is 8. The smallest absolute Gasteiger partial charge is 0.139 e. The molecule has 0 radical (unpaired) electrons. The summed E-state index contributed by atoms with van der Waals surface area (Å²) in [7, 11) is 0. The topological polar surface area (TPSA) is 13.1 Å². The highest BCUT2D eigenvalue weighted by Crippen LogP contribution is 2.48. The molecule has 9 rings (SSSR count). The van der Waals surface area contributed by atoms with E-state index in [0.717, 1.165) is 27.3 Å². The first kappa shape index (κ1) is 26.5. The van der Waals surface area contributed by atoms with Crippen LogP contribution in [-0.4, -0.2) is 0 Å². The van der Waals surface area contributed by atoms with Gasteiger partial charge in [-0.3, -0.25) is 0 Å². The fraction of sp³-hybridized carbons (Fsp3) is 0.0870. The van der Waals surface area contributed by atoms with Crippen molar-refractivity contribution >= 4 is 54.3 Å². The van der Waals surface area contributed by atoms with E-state index in [1.54, 1.807) is 0 Å². The van der Waals surface area contributed by atoms with Gasteiger partial charge in [0.05, 0.1) is 1.37 Å². The minimum Gasteiger partial charge on any atom is -0.456 e. The molecule has 0 atom stereocenters. The van der Waals surface area contributed by atoms with Crippen LogP contribution in [0.15, 0.2) is 156 Å². The molecule has 1 aromatic heterocycles. The Labute approximate surface area is 276 Å². The van der Waals surface area contributed by atoms with Gasteiger partial charge in [0, 0.05) is 16.3 Å². The maximum Gasteiger partial charge on any atom is 0.139 e. The fourth-order valence-corrected chi connectivity index (χ4v) is 7.52. The molecule has 1 heteroatoms. The van der Waals surface area contributed by atoms with Crippen LogP contribution in [0.2, 0.25) is 0 Å². The lowest BCUT2D eigenvalue weighted by molar-refractivity contribution is 0.573. The van der Waals surface area contributed by atoms with E-state index >= 15 is 0 Å². The molecule has 0 spiro atoms. The lowest BCUT2D eigenvalue weighted by atomic mass is 9.81. The first-order valence-electron chi connectivity index (χ1n) is 16.8. The SMILES string of the molecule is [2H]c1ccc2cc(-c3cccc(-c4c5ccccc5c(-c5ccc(C(C)(C)C)c6oc7ccccc7c56)c5ccccc45)c3)ccc2c1. The number of para-hydroxylation sites is 1. The van der Waals surface area contributed by atoms with E-state index in [1.807, 2.05) is 18.2 Å². The van der Waals surface area contributed by atoms with Gasteiger partial charge in [0.1, 0.15) is 11.2 Å². The summed E-state index contributed by atoms with van der Waals surface area (Å²) < 4.78 is 14.7. The lowest BCUT2D eigenvalue weighted by Crippen LogP contribution is -2.11. The van der Waals surface area contributed by atoms with Gasteiger partial charge in [-0.2, -0.15) is 0 Å². The van der Waals surface area contributed by atoms with E-state index in [9.17, 15) is 0 Å². The molecule has 0 aliphatic heterocycles. The van der Waals surface area contributed by atoms with Gasteiger partial charge in [-0.25, -0.2) is 0 Å². The average molecular weight is 604 g/mol. The summed E-state index contributed by atoms with van der Waals surface area (Å²) in [6, 6.07) is 52.6. The Kier molecular flexibility index (Phi) is 5.90.